The predicted octanol–water partition coefficient (Wildman–Crippen LogP) is 4.89. The van der Waals surface area contributed by atoms with Gasteiger partial charge in [-0.05, 0) is 46.5 Å². The molecule has 0 aliphatic heterocycles. The third kappa shape index (κ3) is 2.10. The van der Waals surface area contributed by atoms with Gasteiger partial charge >= 0.3 is 0 Å². The maximum absolute atomic E-state index is 3.73. The van der Waals surface area contributed by atoms with Crippen LogP contribution in [0.1, 0.15) is 35.6 Å². The Balaban J connectivity index is 1.76. The molecule has 0 amide bonds. The monoisotopic (exact) mass is 293 g/mol. The van der Waals surface area contributed by atoms with Gasteiger partial charge in [-0.15, -0.1) is 11.3 Å². The van der Waals surface area contributed by atoms with Crippen molar-refractivity contribution in [2.45, 2.75) is 25.3 Å². The minimum absolute atomic E-state index is 0.432. The van der Waals surface area contributed by atoms with Gasteiger partial charge in [0.05, 0.1) is 0 Å². The molecule has 2 atom stereocenters. The van der Waals surface area contributed by atoms with Gasteiger partial charge in [0.25, 0.3) is 0 Å². The van der Waals surface area contributed by atoms with Gasteiger partial charge in [0.15, 0.2) is 0 Å². The molecular formula is C19H19NS. The van der Waals surface area contributed by atoms with Crippen LogP contribution in [0.25, 0.3) is 10.1 Å². The number of fused-ring (bicyclic) bond motifs is 2. The second-order valence-corrected chi connectivity index (χ2v) is 6.64. The summed E-state index contributed by atoms with van der Waals surface area (Å²) in [4.78, 5) is 0. The molecule has 21 heavy (non-hydrogen) atoms. The van der Waals surface area contributed by atoms with Gasteiger partial charge in [0.2, 0.25) is 0 Å². The van der Waals surface area contributed by atoms with Gasteiger partial charge in [0, 0.05) is 16.7 Å². The highest BCUT2D eigenvalue weighted by Crippen LogP contribution is 2.45. The number of likely N-dealkylation sites (N-methyl/N-ethyl adjacent to an activating group) is 1. The van der Waals surface area contributed by atoms with Crippen LogP contribution < -0.4 is 5.32 Å². The fourth-order valence-electron chi connectivity index (χ4n) is 3.52. The van der Waals surface area contributed by atoms with E-state index in [4.69, 9.17) is 0 Å². The van der Waals surface area contributed by atoms with E-state index >= 15 is 0 Å². The highest BCUT2D eigenvalue weighted by molar-refractivity contribution is 7.17. The van der Waals surface area contributed by atoms with Crippen LogP contribution in [-0.4, -0.2) is 6.54 Å². The van der Waals surface area contributed by atoms with Crippen LogP contribution in [0.5, 0.6) is 0 Å². The van der Waals surface area contributed by atoms with Crippen LogP contribution in [0.3, 0.4) is 0 Å². The standard InChI is InChI=1S/C19H19NS/c1-2-20-19(16-11-13-7-3-4-8-14(13)16)17-12-21-18-10-6-5-9-15(17)18/h3-10,12,16,19-20H,2,11H2,1H3. The summed E-state index contributed by atoms with van der Waals surface area (Å²) in [6.07, 6.45) is 1.19. The van der Waals surface area contributed by atoms with Crippen molar-refractivity contribution in [1.82, 2.24) is 5.32 Å². The van der Waals surface area contributed by atoms with E-state index in [0.29, 0.717) is 12.0 Å². The van der Waals surface area contributed by atoms with E-state index in [0.717, 1.165) is 6.54 Å². The summed E-state index contributed by atoms with van der Waals surface area (Å²) in [6.45, 7) is 3.21. The van der Waals surface area contributed by atoms with Crippen molar-refractivity contribution in [3.8, 4) is 0 Å². The molecule has 0 radical (unpaired) electrons. The zero-order valence-electron chi connectivity index (χ0n) is 12.2. The van der Waals surface area contributed by atoms with Gasteiger partial charge in [0.1, 0.15) is 0 Å². The first-order valence-electron chi connectivity index (χ1n) is 7.66. The van der Waals surface area contributed by atoms with Gasteiger partial charge in [-0.3, -0.25) is 0 Å². The van der Waals surface area contributed by atoms with Crippen LogP contribution in [0.4, 0.5) is 0 Å². The second kappa shape index (κ2) is 5.28. The lowest BCUT2D eigenvalue weighted by Gasteiger charge is -2.37. The van der Waals surface area contributed by atoms with Crippen LogP contribution in [-0.2, 0) is 6.42 Å². The van der Waals surface area contributed by atoms with E-state index in [-0.39, 0.29) is 0 Å². The van der Waals surface area contributed by atoms with Crippen molar-refractivity contribution in [1.29, 1.82) is 0 Å². The topological polar surface area (TPSA) is 12.0 Å². The summed E-state index contributed by atoms with van der Waals surface area (Å²) in [5.74, 6) is 0.610. The van der Waals surface area contributed by atoms with E-state index in [1.807, 2.05) is 11.3 Å². The van der Waals surface area contributed by atoms with Crippen molar-refractivity contribution in [3.05, 3.63) is 70.6 Å². The molecule has 1 nitrogen and oxygen atoms in total. The number of benzene rings is 2. The summed E-state index contributed by atoms with van der Waals surface area (Å²) in [5, 5.41) is 7.49. The lowest BCUT2D eigenvalue weighted by molar-refractivity contribution is 0.423. The molecule has 3 aromatic rings. The van der Waals surface area contributed by atoms with E-state index in [2.05, 4.69) is 66.2 Å². The largest absolute Gasteiger partial charge is 0.310 e. The first-order valence-corrected chi connectivity index (χ1v) is 8.53. The molecule has 106 valence electrons. The molecule has 0 saturated carbocycles. The van der Waals surface area contributed by atoms with E-state index in [1.54, 1.807) is 0 Å². The van der Waals surface area contributed by atoms with Crippen LogP contribution in [0.2, 0.25) is 0 Å². The Morgan fingerprint density at radius 2 is 1.95 bits per heavy atom. The number of nitrogens with one attached hydrogen (secondary N) is 1. The lowest BCUT2D eigenvalue weighted by Crippen LogP contribution is -2.33. The molecular weight excluding hydrogens is 274 g/mol. The third-order valence-electron chi connectivity index (χ3n) is 4.57. The molecule has 0 saturated heterocycles. The fraction of sp³-hybridized carbons (Fsp3) is 0.263. The molecule has 0 spiro atoms. The Labute approximate surface area is 129 Å². The Hall–Kier alpha value is -1.64. The highest BCUT2D eigenvalue weighted by atomic mass is 32.1. The molecule has 2 aromatic carbocycles. The summed E-state index contributed by atoms with van der Waals surface area (Å²) < 4.78 is 1.39. The van der Waals surface area contributed by atoms with Crippen LogP contribution in [0.15, 0.2) is 53.9 Å². The Bertz CT molecular complexity index is 774. The maximum Gasteiger partial charge on any atom is 0.0407 e. The molecule has 4 rings (SSSR count). The summed E-state index contributed by atoms with van der Waals surface area (Å²) in [5.41, 5.74) is 4.51. The number of thiophene rings is 1. The normalized spacial score (nSPS) is 18.2. The second-order valence-electron chi connectivity index (χ2n) is 5.73. The quantitative estimate of drug-likeness (QED) is 0.722. The lowest BCUT2D eigenvalue weighted by atomic mass is 9.71. The first kappa shape index (κ1) is 13.1. The van der Waals surface area contributed by atoms with Crippen LogP contribution >= 0.6 is 11.3 Å². The van der Waals surface area contributed by atoms with Gasteiger partial charge in [-0.2, -0.15) is 0 Å². The van der Waals surface area contributed by atoms with Crippen molar-refractivity contribution in [2.75, 3.05) is 6.54 Å². The summed E-state index contributed by atoms with van der Waals surface area (Å²) >= 11 is 1.86. The number of hydrogen-bond donors (Lipinski definition) is 1. The molecule has 1 aliphatic rings. The van der Waals surface area contributed by atoms with E-state index in [9.17, 15) is 0 Å². The molecule has 0 bridgehead atoms. The fourth-order valence-corrected chi connectivity index (χ4v) is 4.52. The molecule has 1 heterocycles. The molecule has 1 N–H and O–H groups in total. The Morgan fingerprint density at radius 3 is 2.81 bits per heavy atom. The number of hydrogen-bond acceptors (Lipinski definition) is 2. The molecule has 2 unspecified atom stereocenters. The van der Waals surface area contributed by atoms with Crippen molar-refractivity contribution in [3.63, 3.8) is 0 Å². The van der Waals surface area contributed by atoms with Crippen molar-refractivity contribution < 1.29 is 0 Å². The van der Waals surface area contributed by atoms with Crippen molar-refractivity contribution in [2.24, 2.45) is 0 Å². The van der Waals surface area contributed by atoms with Crippen LogP contribution in [0, 0.1) is 0 Å². The first-order chi connectivity index (χ1) is 10.4. The zero-order valence-corrected chi connectivity index (χ0v) is 13.0. The summed E-state index contributed by atoms with van der Waals surface area (Å²) in [6, 6.07) is 18.1. The highest BCUT2D eigenvalue weighted by Gasteiger charge is 2.34. The van der Waals surface area contributed by atoms with Gasteiger partial charge < -0.3 is 5.32 Å². The predicted molar refractivity (Wildman–Crippen MR) is 91.1 cm³/mol. The van der Waals surface area contributed by atoms with E-state index < -0.39 is 0 Å². The molecule has 1 aromatic heterocycles. The molecule has 1 aliphatic carbocycles. The number of rotatable bonds is 4. The van der Waals surface area contributed by atoms with Gasteiger partial charge in [-0.1, -0.05) is 49.4 Å². The van der Waals surface area contributed by atoms with Gasteiger partial charge in [-0.25, -0.2) is 0 Å². The minimum Gasteiger partial charge on any atom is -0.310 e. The SMILES string of the molecule is CCNC(c1csc2ccccc12)C1Cc2ccccc21. The maximum atomic E-state index is 3.73. The Morgan fingerprint density at radius 1 is 1.14 bits per heavy atom. The van der Waals surface area contributed by atoms with Crippen molar-refractivity contribution >= 4 is 21.4 Å². The average Bonchev–Trinajstić information content (AvgIpc) is 2.91. The smallest absolute Gasteiger partial charge is 0.0407 e. The average molecular weight is 293 g/mol. The van der Waals surface area contributed by atoms with E-state index in [1.165, 1.54) is 33.2 Å². The Kier molecular flexibility index (Phi) is 3.28. The molecule has 2 heteroatoms. The molecule has 0 fully saturated rings. The zero-order chi connectivity index (χ0) is 14.2. The third-order valence-corrected chi connectivity index (χ3v) is 5.55. The summed E-state index contributed by atoms with van der Waals surface area (Å²) in [7, 11) is 0. The minimum atomic E-state index is 0.432.